The van der Waals surface area contributed by atoms with E-state index >= 15 is 0 Å². The maximum atomic E-state index is 10.8. The van der Waals surface area contributed by atoms with Gasteiger partial charge in [0.2, 0.25) is 0 Å². The molecule has 0 amide bonds. The molecular formula is C21H30Cl2N2O2. The van der Waals surface area contributed by atoms with E-state index in [9.17, 15) is 5.11 Å². The maximum absolute atomic E-state index is 10.8. The molecule has 27 heavy (non-hydrogen) atoms. The topological polar surface area (TPSA) is 45.6 Å². The molecule has 1 N–H and O–H groups in total. The highest BCUT2D eigenvalue weighted by Gasteiger charge is 2.26. The number of ether oxygens (including phenoxy) is 1. The molecule has 2 heterocycles. The van der Waals surface area contributed by atoms with Gasteiger partial charge in [-0.25, -0.2) is 0 Å². The molecule has 150 valence electrons. The van der Waals surface area contributed by atoms with E-state index in [0.717, 1.165) is 48.1 Å². The minimum absolute atomic E-state index is 0. The first-order valence-corrected chi connectivity index (χ1v) is 9.04. The zero-order valence-electron chi connectivity index (χ0n) is 16.0. The summed E-state index contributed by atoms with van der Waals surface area (Å²) in [4.78, 5) is 6.76. The highest BCUT2D eigenvalue weighted by atomic mass is 35.5. The summed E-state index contributed by atoms with van der Waals surface area (Å²) in [5, 5.41) is 11.8. The molecule has 3 atom stereocenters. The van der Waals surface area contributed by atoms with E-state index in [-0.39, 0.29) is 24.8 Å². The highest BCUT2D eigenvalue weighted by Crippen LogP contribution is 2.33. The Morgan fingerprint density at radius 2 is 2.15 bits per heavy atom. The fraction of sp³-hybridized carbons (Fsp3) is 0.476. The maximum Gasteiger partial charge on any atom is 0.119 e. The van der Waals surface area contributed by atoms with Gasteiger partial charge < -0.3 is 14.7 Å². The molecule has 0 bridgehead atoms. The van der Waals surface area contributed by atoms with Crippen LogP contribution in [0.4, 0.5) is 0 Å². The summed E-state index contributed by atoms with van der Waals surface area (Å²) in [6.07, 6.45) is 6.32. The number of rotatable bonds is 6. The van der Waals surface area contributed by atoms with Crippen molar-refractivity contribution in [3.8, 4) is 5.75 Å². The van der Waals surface area contributed by atoms with Crippen LogP contribution in [-0.4, -0.2) is 42.2 Å². The number of fused-ring (bicyclic) bond motifs is 1. The Hall–Kier alpha value is -1.33. The normalized spacial score (nSPS) is 21.0. The summed E-state index contributed by atoms with van der Waals surface area (Å²) in [7, 11) is 3.82. The monoisotopic (exact) mass is 412 g/mol. The van der Waals surface area contributed by atoms with Crippen molar-refractivity contribution in [3.63, 3.8) is 0 Å². The van der Waals surface area contributed by atoms with Crippen LogP contribution < -0.4 is 4.74 Å². The lowest BCUT2D eigenvalue weighted by Crippen LogP contribution is -2.37. The second kappa shape index (κ2) is 10.9. The second-order valence-electron chi connectivity index (χ2n) is 7.09. The van der Waals surface area contributed by atoms with Gasteiger partial charge in [0, 0.05) is 18.1 Å². The van der Waals surface area contributed by atoms with E-state index in [2.05, 4.69) is 29.6 Å². The van der Waals surface area contributed by atoms with E-state index in [1.165, 1.54) is 6.42 Å². The molecule has 1 aliphatic rings. The van der Waals surface area contributed by atoms with E-state index in [1.54, 1.807) is 13.3 Å². The molecule has 1 aliphatic heterocycles. The van der Waals surface area contributed by atoms with Gasteiger partial charge in [0.15, 0.2) is 0 Å². The van der Waals surface area contributed by atoms with E-state index in [4.69, 9.17) is 4.74 Å². The lowest BCUT2D eigenvalue weighted by Gasteiger charge is -2.35. The van der Waals surface area contributed by atoms with E-state index in [1.807, 2.05) is 24.3 Å². The van der Waals surface area contributed by atoms with Gasteiger partial charge in [-0.1, -0.05) is 6.08 Å². The molecule has 0 unspecified atom stereocenters. The Morgan fingerprint density at radius 3 is 2.85 bits per heavy atom. The molecule has 0 saturated carbocycles. The number of pyridine rings is 1. The van der Waals surface area contributed by atoms with Gasteiger partial charge in [-0.3, -0.25) is 4.98 Å². The average molecular weight is 413 g/mol. The minimum Gasteiger partial charge on any atom is -0.497 e. The quantitative estimate of drug-likeness (QED) is 0.700. The minimum atomic E-state index is -0.484. The van der Waals surface area contributed by atoms with Gasteiger partial charge in [-0.05, 0) is 74.5 Å². The van der Waals surface area contributed by atoms with Gasteiger partial charge in [0.25, 0.3) is 0 Å². The van der Waals surface area contributed by atoms with Gasteiger partial charge in [0.05, 0.1) is 18.7 Å². The Bertz CT molecular complexity index is 741. The van der Waals surface area contributed by atoms with Crippen LogP contribution >= 0.6 is 24.8 Å². The lowest BCUT2D eigenvalue weighted by atomic mass is 9.81. The van der Waals surface area contributed by atoms with Crippen LogP contribution in [0.5, 0.6) is 5.75 Å². The number of hydrogen-bond acceptors (Lipinski definition) is 4. The van der Waals surface area contributed by atoms with Gasteiger partial charge in [-0.2, -0.15) is 0 Å². The van der Waals surface area contributed by atoms with Crippen LogP contribution in [0.3, 0.4) is 0 Å². The summed E-state index contributed by atoms with van der Waals surface area (Å²) in [5.74, 6) is 1.90. The number of aliphatic hydroxyl groups is 1. The van der Waals surface area contributed by atoms with Crippen LogP contribution in [-0.2, 0) is 0 Å². The number of likely N-dealkylation sites (tertiary alicyclic amines) is 1. The average Bonchev–Trinajstić information content (AvgIpc) is 2.65. The Labute approximate surface area is 174 Å². The lowest BCUT2D eigenvalue weighted by molar-refractivity contribution is 0.124. The van der Waals surface area contributed by atoms with Crippen molar-refractivity contribution in [2.45, 2.75) is 25.4 Å². The van der Waals surface area contributed by atoms with Crippen LogP contribution in [0.15, 0.2) is 43.1 Å². The van der Waals surface area contributed by atoms with E-state index in [0.29, 0.717) is 11.8 Å². The number of methoxy groups -OCH3 is 1. The fourth-order valence-electron chi connectivity index (χ4n) is 3.92. The van der Waals surface area contributed by atoms with Crippen molar-refractivity contribution < 1.29 is 9.84 Å². The number of nitrogens with zero attached hydrogens (tertiary/aromatic N) is 2. The predicted molar refractivity (Wildman–Crippen MR) is 116 cm³/mol. The molecule has 0 radical (unpaired) electrons. The summed E-state index contributed by atoms with van der Waals surface area (Å²) >= 11 is 0. The summed E-state index contributed by atoms with van der Waals surface area (Å²) in [6, 6.07) is 7.73. The molecule has 6 heteroatoms. The van der Waals surface area contributed by atoms with Crippen molar-refractivity contribution in [2.75, 3.05) is 27.2 Å². The van der Waals surface area contributed by atoms with Crippen LogP contribution in [0, 0.1) is 11.8 Å². The van der Waals surface area contributed by atoms with Gasteiger partial charge in [-0.15, -0.1) is 31.4 Å². The van der Waals surface area contributed by atoms with Crippen molar-refractivity contribution in [1.29, 1.82) is 0 Å². The molecule has 1 aromatic carbocycles. The van der Waals surface area contributed by atoms with Crippen LogP contribution in [0.2, 0.25) is 0 Å². The molecule has 1 aromatic heterocycles. The molecule has 2 aromatic rings. The predicted octanol–water partition coefficient (Wildman–Crippen LogP) is 4.65. The molecule has 1 fully saturated rings. The van der Waals surface area contributed by atoms with Crippen molar-refractivity contribution in [3.05, 3.63) is 48.7 Å². The third-order valence-corrected chi connectivity index (χ3v) is 5.46. The second-order valence-corrected chi connectivity index (χ2v) is 7.09. The van der Waals surface area contributed by atoms with Crippen molar-refractivity contribution in [2.24, 2.45) is 11.8 Å². The fourth-order valence-corrected chi connectivity index (χ4v) is 3.92. The SMILES string of the molecule is C=C[C@H]1CN(C)CC[C@@H]1CC[C@H](O)c1ccnc2ccc(OC)cc12.Cl.Cl. The molecule has 1 saturated heterocycles. The number of halogens is 2. The third kappa shape index (κ3) is 5.58. The molecule has 0 spiro atoms. The molecule has 4 nitrogen and oxygen atoms in total. The summed E-state index contributed by atoms with van der Waals surface area (Å²) in [6.45, 7) is 6.20. The third-order valence-electron chi connectivity index (χ3n) is 5.46. The first-order chi connectivity index (χ1) is 12.1. The molecule has 3 rings (SSSR count). The Kier molecular flexibility index (Phi) is 9.54. The molecular weight excluding hydrogens is 383 g/mol. The number of aromatic nitrogens is 1. The highest BCUT2D eigenvalue weighted by molar-refractivity contribution is 5.85. The van der Waals surface area contributed by atoms with Crippen LogP contribution in [0.25, 0.3) is 10.9 Å². The number of aliphatic hydroxyl groups excluding tert-OH is 1. The smallest absolute Gasteiger partial charge is 0.119 e. The standard InChI is InChI=1S/C21H28N2O2.2ClH/c1-4-15-14-23(2)12-10-16(15)5-8-21(24)18-9-11-22-20-7-6-17(25-3)13-19(18)20;;/h4,6-7,9,11,13,15-16,21,24H,1,5,8,10,12,14H2,2-3H3;2*1H/t15-,16-,21-;;/m0../s1. The number of piperidine rings is 1. The van der Waals surface area contributed by atoms with Crippen molar-refractivity contribution in [1.82, 2.24) is 9.88 Å². The molecule has 0 aliphatic carbocycles. The number of benzene rings is 1. The Morgan fingerprint density at radius 1 is 1.37 bits per heavy atom. The summed E-state index contributed by atoms with van der Waals surface area (Å²) in [5.41, 5.74) is 1.83. The van der Waals surface area contributed by atoms with Crippen molar-refractivity contribution >= 4 is 35.7 Å². The van der Waals surface area contributed by atoms with Gasteiger partial charge in [0.1, 0.15) is 5.75 Å². The zero-order chi connectivity index (χ0) is 17.8. The Balaban J connectivity index is 0.00000182. The van der Waals surface area contributed by atoms with Gasteiger partial charge >= 0.3 is 0 Å². The number of hydrogen-bond donors (Lipinski definition) is 1. The largest absolute Gasteiger partial charge is 0.497 e. The zero-order valence-corrected chi connectivity index (χ0v) is 17.6. The van der Waals surface area contributed by atoms with Crippen LogP contribution in [0.1, 0.15) is 30.9 Å². The summed E-state index contributed by atoms with van der Waals surface area (Å²) < 4.78 is 5.33. The first kappa shape index (κ1) is 23.7. The first-order valence-electron chi connectivity index (χ1n) is 9.04. The van der Waals surface area contributed by atoms with E-state index < -0.39 is 6.10 Å².